The molecule has 2 aromatic heterocycles. The highest BCUT2D eigenvalue weighted by atomic mass is 32.1. The van der Waals surface area contributed by atoms with E-state index in [1.807, 2.05) is 17.5 Å². The van der Waals surface area contributed by atoms with Gasteiger partial charge < -0.3 is 10.1 Å². The SMILES string of the molecule is CC(C)(C)NCc1ccc(OCc2cscn2)cn1. The third kappa shape index (κ3) is 4.96. The zero-order chi connectivity index (χ0) is 13.7. The van der Waals surface area contributed by atoms with Crippen molar-refractivity contribution in [1.29, 1.82) is 0 Å². The Bertz CT molecular complexity index is 488. The van der Waals surface area contributed by atoms with E-state index in [1.54, 1.807) is 23.0 Å². The first-order chi connectivity index (χ1) is 9.03. The average molecular weight is 277 g/mol. The number of hydrogen-bond donors (Lipinski definition) is 1. The maximum atomic E-state index is 5.61. The van der Waals surface area contributed by atoms with Crippen molar-refractivity contribution in [1.82, 2.24) is 15.3 Å². The van der Waals surface area contributed by atoms with Crippen LogP contribution in [0.15, 0.2) is 29.2 Å². The number of nitrogens with one attached hydrogen (secondary N) is 1. The van der Waals surface area contributed by atoms with Crippen LogP contribution in [0.3, 0.4) is 0 Å². The molecule has 0 fully saturated rings. The van der Waals surface area contributed by atoms with E-state index in [1.165, 1.54) is 0 Å². The van der Waals surface area contributed by atoms with Crippen molar-refractivity contribution < 1.29 is 4.74 Å². The van der Waals surface area contributed by atoms with Crippen molar-refractivity contribution in [3.63, 3.8) is 0 Å². The number of ether oxygens (including phenoxy) is 1. The van der Waals surface area contributed by atoms with Gasteiger partial charge in [-0.3, -0.25) is 4.98 Å². The molecule has 102 valence electrons. The summed E-state index contributed by atoms with van der Waals surface area (Å²) < 4.78 is 5.61. The molecule has 2 aromatic rings. The fraction of sp³-hybridized carbons (Fsp3) is 0.429. The summed E-state index contributed by atoms with van der Waals surface area (Å²) in [6, 6.07) is 3.92. The van der Waals surface area contributed by atoms with Gasteiger partial charge in [0.1, 0.15) is 12.4 Å². The smallest absolute Gasteiger partial charge is 0.138 e. The molecule has 0 saturated carbocycles. The number of pyridine rings is 1. The standard InChI is InChI=1S/C14H19N3OS/c1-14(2,3)17-6-11-4-5-13(7-15-11)18-8-12-9-19-10-16-12/h4-5,7,9-10,17H,6,8H2,1-3H3. The third-order valence-electron chi connectivity index (χ3n) is 2.47. The molecule has 2 heterocycles. The lowest BCUT2D eigenvalue weighted by Gasteiger charge is -2.20. The van der Waals surface area contributed by atoms with Gasteiger partial charge in [-0.1, -0.05) is 0 Å². The van der Waals surface area contributed by atoms with Gasteiger partial charge in [-0.05, 0) is 32.9 Å². The summed E-state index contributed by atoms with van der Waals surface area (Å²) in [5.74, 6) is 0.771. The first-order valence-electron chi connectivity index (χ1n) is 6.23. The molecule has 0 aromatic carbocycles. The van der Waals surface area contributed by atoms with Gasteiger partial charge in [-0.2, -0.15) is 0 Å². The zero-order valence-corrected chi connectivity index (χ0v) is 12.3. The molecule has 2 rings (SSSR count). The lowest BCUT2D eigenvalue weighted by molar-refractivity contribution is 0.300. The van der Waals surface area contributed by atoms with E-state index in [-0.39, 0.29) is 5.54 Å². The Balaban J connectivity index is 1.84. The molecule has 0 amide bonds. The predicted octanol–water partition coefficient (Wildman–Crippen LogP) is 3.01. The van der Waals surface area contributed by atoms with Gasteiger partial charge in [-0.15, -0.1) is 11.3 Å². The molecule has 0 bridgehead atoms. The quantitative estimate of drug-likeness (QED) is 0.912. The van der Waals surface area contributed by atoms with Crippen molar-refractivity contribution in [3.05, 3.63) is 40.6 Å². The summed E-state index contributed by atoms with van der Waals surface area (Å²) in [4.78, 5) is 8.54. The maximum Gasteiger partial charge on any atom is 0.138 e. The van der Waals surface area contributed by atoms with Crippen LogP contribution in [0.5, 0.6) is 5.75 Å². The predicted molar refractivity (Wildman–Crippen MR) is 77.3 cm³/mol. The topological polar surface area (TPSA) is 47.0 Å². The maximum absolute atomic E-state index is 5.61. The van der Waals surface area contributed by atoms with E-state index in [0.717, 1.165) is 23.7 Å². The Morgan fingerprint density at radius 3 is 2.63 bits per heavy atom. The van der Waals surface area contributed by atoms with Crippen molar-refractivity contribution in [2.24, 2.45) is 0 Å². The molecule has 0 radical (unpaired) electrons. The molecule has 4 nitrogen and oxygen atoms in total. The van der Waals surface area contributed by atoms with E-state index in [0.29, 0.717) is 6.61 Å². The van der Waals surface area contributed by atoms with Gasteiger partial charge in [-0.25, -0.2) is 4.98 Å². The number of rotatable bonds is 5. The average Bonchev–Trinajstić information content (AvgIpc) is 2.87. The molecule has 1 N–H and O–H groups in total. The summed E-state index contributed by atoms with van der Waals surface area (Å²) in [5, 5.41) is 5.38. The van der Waals surface area contributed by atoms with Crippen LogP contribution in [-0.4, -0.2) is 15.5 Å². The van der Waals surface area contributed by atoms with E-state index < -0.39 is 0 Å². The van der Waals surface area contributed by atoms with Crippen LogP contribution >= 0.6 is 11.3 Å². The van der Waals surface area contributed by atoms with E-state index in [4.69, 9.17) is 4.74 Å². The van der Waals surface area contributed by atoms with E-state index in [9.17, 15) is 0 Å². The third-order valence-corrected chi connectivity index (χ3v) is 3.10. The minimum absolute atomic E-state index is 0.0987. The highest BCUT2D eigenvalue weighted by Crippen LogP contribution is 2.12. The summed E-state index contributed by atoms with van der Waals surface area (Å²) in [7, 11) is 0. The summed E-state index contributed by atoms with van der Waals surface area (Å²) in [6.45, 7) is 7.66. The monoisotopic (exact) mass is 277 g/mol. The van der Waals surface area contributed by atoms with Crippen molar-refractivity contribution >= 4 is 11.3 Å². The fourth-order valence-electron chi connectivity index (χ4n) is 1.42. The van der Waals surface area contributed by atoms with Gasteiger partial charge in [0.05, 0.1) is 23.1 Å². The molecule has 0 unspecified atom stereocenters. The lowest BCUT2D eigenvalue weighted by atomic mass is 10.1. The van der Waals surface area contributed by atoms with Gasteiger partial charge in [0.15, 0.2) is 0 Å². The zero-order valence-electron chi connectivity index (χ0n) is 11.5. The van der Waals surface area contributed by atoms with Gasteiger partial charge >= 0.3 is 0 Å². The molecule has 5 heteroatoms. The fourth-order valence-corrected chi connectivity index (χ4v) is 1.97. The highest BCUT2D eigenvalue weighted by Gasteiger charge is 2.08. The van der Waals surface area contributed by atoms with Crippen molar-refractivity contribution in [2.45, 2.75) is 39.5 Å². The summed E-state index contributed by atoms with van der Waals surface area (Å²) in [6.07, 6.45) is 1.76. The van der Waals surface area contributed by atoms with Crippen LogP contribution in [0.25, 0.3) is 0 Å². The number of nitrogens with zero attached hydrogens (tertiary/aromatic N) is 2. The Morgan fingerprint density at radius 1 is 1.21 bits per heavy atom. The first-order valence-corrected chi connectivity index (χ1v) is 7.17. The van der Waals surface area contributed by atoms with Gasteiger partial charge in [0.25, 0.3) is 0 Å². The second-order valence-electron chi connectivity index (χ2n) is 5.36. The first kappa shape index (κ1) is 14.0. The minimum atomic E-state index is 0.0987. The Morgan fingerprint density at radius 2 is 2.05 bits per heavy atom. The molecule has 0 spiro atoms. The van der Waals surface area contributed by atoms with Crippen molar-refractivity contribution in [2.75, 3.05) is 0 Å². The molecule has 0 saturated heterocycles. The van der Waals surface area contributed by atoms with Crippen LogP contribution < -0.4 is 10.1 Å². The van der Waals surface area contributed by atoms with E-state index in [2.05, 4.69) is 36.1 Å². The number of hydrogen-bond acceptors (Lipinski definition) is 5. The van der Waals surface area contributed by atoms with Crippen LogP contribution in [0.1, 0.15) is 32.2 Å². The number of thiazole rings is 1. The summed E-state index contributed by atoms with van der Waals surface area (Å²) in [5.41, 5.74) is 3.86. The van der Waals surface area contributed by atoms with E-state index >= 15 is 0 Å². The summed E-state index contributed by atoms with van der Waals surface area (Å²) >= 11 is 1.57. The Labute approximate surface area is 117 Å². The lowest BCUT2D eigenvalue weighted by Crippen LogP contribution is -2.35. The van der Waals surface area contributed by atoms with Crippen LogP contribution in [0.4, 0.5) is 0 Å². The molecule has 19 heavy (non-hydrogen) atoms. The van der Waals surface area contributed by atoms with Gasteiger partial charge in [0.2, 0.25) is 0 Å². The minimum Gasteiger partial charge on any atom is -0.486 e. The molecule has 0 atom stereocenters. The van der Waals surface area contributed by atoms with Crippen LogP contribution in [-0.2, 0) is 13.2 Å². The van der Waals surface area contributed by atoms with Gasteiger partial charge in [0, 0.05) is 17.5 Å². The largest absolute Gasteiger partial charge is 0.486 e. The Hall–Kier alpha value is -1.46. The second-order valence-corrected chi connectivity index (χ2v) is 6.08. The molecular weight excluding hydrogens is 258 g/mol. The molecular formula is C14H19N3OS. The normalized spacial score (nSPS) is 11.5. The number of aromatic nitrogens is 2. The van der Waals surface area contributed by atoms with Crippen molar-refractivity contribution in [3.8, 4) is 5.75 Å². The van der Waals surface area contributed by atoms with Crippen LogP contribution in [0.2, 0.25) is 0 Å². The second kappa shape index (κ2) is 6.12. The highest BCUT2D eigenvalue weighted by molar-refractivity contribution is 7.07. The Kier molecular flexibility index (Phi) is 4.50. The molecule has 0 aliphatic rings. The van der Waals surface area contributed by atoms with Crippen LogP contribution in [0, 0.1) is 0 Å². The molecule has 0 aliphatic carbocycles. The molecule has 0 aliphatic heterocycles.